The first-order valence-electron chi connectivity index (χ1n) is 9.29. The van der Waals surface area contributed by atoms with Gasteiger partial charge in [0.15, 0.2) is 0 Å². The number of amides is 1. The van der Waals surface area contributed by atoms with Crippen molar-refractivity contribution in [3.8, 4) is 0 Å². The Morgan fingerprint density at radius 1 is 1.00 bits per heavy atom. The maximum absolute atomic E-state index is 14.7. The summed E-state index contributed by atoms with van der Waals surface area (Å²) in [5, 5.41) is 3.99. The molecule has 1 N–H and O–H groups in total. The van der Waals surface area contributed by atoms with Gasteiger partial charge in [0.2, 0.25) is 5.95 Å². The molecule has 0 aliphatic rings. The van der Waals surface area contributed by atoms with E-state index in [-0.39, 0.29) is 17.7 Å². The van der Waals surface area contributed by atoms with Gasteiger partial charge in [-0.25, -0.2) is 4.98 Å². The Hall–Kier alpha value is -2.43. The second-order valence-corrected chi connectivity index (χ2v) is 7.98. The lowest BCUT2D eigenvalue weighted by molar-refractivity contribution is 0.0924. The zero-order valence-corrected chi connectivity index (χ0v) is 17.6. The summed E-state index contributed by atoms with van der Waals surface area (Å²) in [4.78, 5) is 16.7. The lowest BCUT2D eigenvalue weighted by atomic mass is 9.79. The normalized spacial score (nSPS) is 13.2. The Bertz CT molecular complexity index is 995. The molecule has 1 heterocycles. The van der Waals surface area contributed by atoms with Crippen molar-refractivity contribution in [1.82, 2.24) is 10.3 Å². The second kappa shape index (κ2) is 9.38. The third kappa shape index (κ3) is 4.95. The number of nitrogens with zero attached hydrogens (tertiary/aromatic N) is 1. The predicted octanol–water partition coefficient (Wildman–Crippen LogP) is 6.44. The molecule has 1 amide bonds. The molecule has 0 fully saturated rings. The van der Waals surface area contributed by atoms with Crippen LogP contribution in [0.3, 0.4) is 0 Å². The van der Waals surface area contributed by atoms with Crippen molar-refractivity contribution in [1.29, 1.82) is 0 Å². The molecule has 3 nitrogen and oxygen atoms in total. The summed E-state index contributed by atoms with van der Waals surface area (Å²) in [5.41, 5.74) is 1.58. The van der Waals surface area contributed by atoms with Crippen LogP contribution in [0.2, 0.25) is 10.0 Å². The van der Waals surface area contributed by atoms with Crippen LogP contribution in [0, 0.1) is 11.9 Å². The molecule has 3 rings (SSSR count). The van der Waals surface area contributed by atoms with E-state index in [1.54, 1.807) is 48.5 Å². The Kier molecular flexibility index (Phi) is 6.88. The molecule has 0 spiro atoms. The van der Waals surface area contributed by atoms with E-state index in [4.69, 9.17) is 23.2 Å². The van der Waals surface area contributed by atoms with E-state index in [2.05, 4.69) is 10.3 Å². The SMILES string of the molecule is CC(C)C(c1ccc(Cl)cc1Cl)C(NC(=O)c1ccccc1)c1cccnc1F. The summed E-state index contributed by atoms with van der Waals surface area (Å²) >= 11 is 12.5. The number of nitrogens with one attached hydrogen (secondary N) is 1. The van der Waals surface area contributed by atoms with Gasteiger partial charge >= 0.3 is 0 Å². The fourth-order valence-corrected chi connectivity index (χ4v) is 4.04. The maximum Gasteiger partial charge on any atom is 0.251 e. The van der Waals surface area contributed by atoms with Gasteiger partial charge in [-0.15, -0.1) is 0 Å². The van der Waals surface area contributed by atoms with Gasteiger partial charge in [-0.05, 0) is 41.8 Å². The number of aromatic nitrogens is 1. The highest BCUT2D eigenvalue weighted by Crippen LogP contribution is 2.41. The topological polar surface area (TPSA) is 42.0 Å². The maximum atomic E-state index is 14.7. The summed E-state index contributed by atoms with van der Waals surface area (Å²) in [6.45, 7) is 4.01. The van der Waals surface area contributed by atoms with Crippen LogP contribution < -0.4 is 5.32 Å². The van der Waals surface area contributed by atoms with Gasteiger partial charge in [0.1, 0.15) is 0 Å². The predicted molar refractivity (Wildman–Crippen MR) is 115 cm³/mol. The number of halogens is 3. The van der Waals surface area contributed by atoms with Crippen molar-refractivity contribution in [2.45, 2.75) is 25.8 Å². The minimum Gasteiger partial charge on any atom is -0.344 e. The standard InChI is InChI=1S/C23H21Cl2FN2O/c1-14(2)20(17-11-10-16(24)13-19(17)25)21(18-9-6-12-27-22(18)26)28-23(29)15-7-4-3-5-8-15/h3-14,20-21H,1-2H3,(H,28,29). The number of carbonyl (C=O) groups is 1. The number of hydrogen-bond donors (Lipinski definition) is 1. The fourth-order valence-electron chi connectivity index (χ4n) is 3.50. The van der Waals surface area contributed by atoms with E-state index in [1.807, 2.05) is 26.0 Å². The molecule has 0 aliphatic heterocycles. The first kappa shape index (κ1) is 21.3. The number of carbonyl (C=O) groups excluding carboxylic acids is 1. The molecule has 3 aromatic rings. The van der Waals surface area contributed by atoms with Crippen molar-refractivity contribution >= 4 is 29.1 Å². The van der Waals surface area contributed by atoms with Gasteiger partial charge < -0.3 is 5.32 Å². The summed E-state index contributed by atoms with van der Waals surface area (Å²) in [7, 11) is 0. The monoisotopic (exact) mass is 430 g/mol. The smallest absolute Gasteiger partial charge is 0.251 e. The van der Waals surface area contributed by atoms with Gasteiger partial charge in [-0.3, -0.25) is 4.79 Å². The number of hydrogen-bond acceptors (Lipinski definition) is 2. The van der Waals surface area contributed by atoms with Crippen molar-refractivity contribution < 1.29 is 9.18 Å². The van der Waals surface area contributed by atoms with Crippen molar-refractivity contribution in [2.75, 3.05) is 0 Å². The molecular formula is C23H21Cl2FN2O. The average Bonchev–Trinajstić information content (AvgIpc) is 2.70. The quantitative estimate of drug-likeness (QED) is 0.457. The Morgan fingerprint density at radius 3 is 2.34 bits per heavy atom. The van der Waals surface area contributed by atoms with E-state index in [0.717, 1.165) is 5.56 Å². The third-order valence-corrected chi connectivity index (χ3v) is 5.41. The van der Waals surface area contributed by atoms with Crippen LogP contribution in [0.1, 0.15) is 47.3 Å². The van der Waals surface area contributed by atoms with Crippen molar-refractivity contribution in [2.24, 2.45) is 5.92 Å². The van der Waals surface area contributed by atoms with Crippen LogP contribution in [-0.2, 0) is 0 Å². The molecule has 2 unspecified atom stereocenters. The molecule has 150 valence electrons. The average molecular weight is 431 g/mol. The van der Waals surface area contributed by atoms with Gasteiger partial charge in [0, 0.05) is 33.3 Å². The Labute approximate surface area is 179 Å². The first-order valence-corrected chi connectivity index (χ1v) is 10.1. The molecule has 0 bridgehead atoms. The van der Waals surface area contributed by atoms with Gasteiger partial charge in [0.25, 0.3) is 5.91 Å². The zero-order chi connectivity index (χ0) is 21.0. The zero-order valence-electron chi connectivity index (χ0n) is 16.1. The van der Waals surface area contributed by atoms with E-state index >= 15 is 0 Å². The number of rotatable bonds is 6. The second-order valence-electron chi connectivity index (χ2n) is 7.14. The van der Waals surface area contributed by atoms with Gasteiger partial charge in [-0.2, -0.15) is 4.39 Å². The molecule has 0 radical (unpaired) electrons. The molecule has 0 aliphatic carbocycles. The first-order chi connectivity index (χ1) is 13.9. The summed E-state index contributed by atoms with van der Waals surface area (Å²) in [5.74, 6) is -1.18. The minimum absolute atomic E-state index is 0.0364. The van der Waals surface area contributed by atoms with Crippen molar-refractivity contribution in [3.05, 3.63) is 99.5 Å². The largest absolute Gasteiger partial charge is 0.344 e. The van der Waals surface area contributed by atoms with E-state index in [9.17, 15) is 9.18 Å². The Balaban J connectivity index is 2.09. The summed E-state index contributed by atoms with van der Waals surface area (Å²) in [6, 6.07) is 16.7. The highest BCUT2D eigenvalue weighted by Gasteiger charge is 2.33. The Morgan fingerprint density at radius 2 is 1.72 bits per heavy atom. The molecule has 2 atom stereocenters. The summed E-state index contributed by atoms with van der Waals surface area (Å²) < 4.78 is 14.7. The summed E-state index contributed by atoms with van der Waals surface area (Å²) in [6.07, 6.45) is 1.38. The van der Waals surface area contributed by atoms with Crippen LogP contribution >= 0.6 is 23.2 Å². The van der Waals surface area contributed by atoms with Gasteiger partial charge in [-0.1, -0.05) is 67.4 Å². The molecule has 29 heavy (non-hydrogen) atoms. The van der Waals surface area contributed by atoms with Gasteiger partial charge in [0.05, 0.1) is 6.04 Å². The molecule has 1 aromatic heterocycles. The lowest BCUT2D eigenvalue weighted by Crippen LogP contribution is -2.35. The van der Waals surface area contributed by atoms with Crippen LogP contribution in [-0.4, -0.2) is 10.9 Å². The highest BCUT2D eigenvalue weighted by molar-refractivity contribution is 6.35. The molecule has 2 aromatic carbocycles. The van der Waals surface area contributed by atoms with E-state index in [1.165, 1.54) is 6.20 Å². The van der Waals surface area contributed by atoms with Crippen LogP contribution in [0.4, 0.5) is 4.39 Å². The van der Waals surface area contributed by atoms with E-state index < -0.39 is 12.0 Å². The molecule has 0 saturated heterocycles. The van der Waals surface area contributed by atoms with Crippen molar-refractivity contribution in [3.63, 3.8) is 0 Å². The molecular weight excluding hydrogens is 410 g/mol. The van der Waals surface area contributed by atoms with Crippen LogP contribution in [0.15, 0.2) is 66.9 Å². The highest BCUT2D eigenvalue weighted by atomic mass is 35.5. The fraction of sp³-hybridized carbons (Fsp3) is 0.217. The number of benzene rings is 2. The molecule has 0 saturated carbocycles. The molecule has 6 heteroatoms. The third-order valence-electron chi connectivity index (χ3n) is 4.84. The lowest BCUT2D eigenvalue weighted by Gasteiger charge is -2.32. The van der Waals surface area contributed by atoms with Crippen LogP contribution in [0.5, 0.6) is 0 Å². The minimum atomic E-state index is -0.671. The van der Waals surface area contributed by atoms with E-state index in [0.29, 0.717) is 21.2 Å². The number of pyridine rings is 1. The van der Waals surface area contributed by atoms with Crippen LogP contribution in [0.25, 0.3) is 0 Å².